The number of nitrogens with zero attached hydrogens (tertiary/aromatic N) is 1. The molecule has 0 heterocycles. The van der Waals surface area contributed by atoms with Gasteiger partial charge in [0.05, 0.1) is 12.0 Å². The molecule has 1 saturated carbocycles. The number of Topliss-reactive ketones (excluding diaryl/α,β-unsaturated/α-hetero) is 1. The fourth-order valence-electron chi connectivity index (χ4n) is 2.23. The molecule has 2 atom stereocenters. The van der Waals surface area contributed by atoms with Crippen molar-refractivity contribution in [3.8, 4) is 6.07 Å². The van der Waals surface area contributed by atoms with Crippen LogP contribution in [0, 0.1) is 23.2 Å². The minimum Gasteiger partial charge on any atom is -0.295 e. The van der Waals surface area contributed by atoms with Gasteiger partial charge in [-0.15, -0.1) is 0 Å². The Morgan fingerprint density at radius 2 is 2.42 bits per heavy atom. The smallest absolute Gasteiger partial charge is 0.158 e. The highest BCUT2D eigenvalue weighted by Crippen LogP contribution is 2.39. The molecule has 0 aliphatic heterocycles. The molecule has 0 radical (unpaired) electrons. The van der Waals surface area contributed by atoms with Gasteiger partial charge in [-0.25, -0.2) is 0 Å². The molecular formula is C10H11NO. The third-order valence-corrected chi connectivity index (χ3v) is 2.88. The molecule has 0 saturated heterocycles. The lowest BCUT2D eigenvalue weighted by atomic mass is 9.80. The lowest BCUT2D eigenvalue weighted by Crippen LogP contribution is -2.20. The van der Waals surface area contributed by atoms with Gasteiger partial charge < -0.3 is 0 Å². The molecule has 1 fully saturated rings. The van der Waals surface area contributed by atoms with E-state index in [9.17, 15) is 4.79 Å². The quantitative estimate of drug-likeness (QED) is 0.543. The van der Waals surface area contributed by atoms with E-state index in [0.717, 1.165) is 24.8 Å². The number of carbonyl (C=O) groups excluding carboxylic acids is 1. The highest BCUT2D eigenvalue weighted by Gasteiger charge is 2.35. The Bertz CT molecular complexity index is 285. The van der Waals surface area contributed by atoms with Gasteiger partial charge >= 0.3 is 0 Å². The van der Waals surface area contributed by atoms with E-state index in [-0.39, 0.29) is 17.6 Å². The Kier molecular flexibility index (Phi) is 1.73. The van der Waals surface area contributed by atoms with Crippen LogP contribution in [0.2, 0.25) is 0 Å². The van der Waals surface area contributed by atoms with Crippen LogP contribution >= 0.6 is 0 Å². The van der Waals surface area contributed by atoms with Crippen molar-refractivity contribution in [2.24, 2.45) is 11.8 Å². The van der Waals surface area contributed by atoms with E-state index in [2.05, 4.69) is 6.07 Å². The largest absolute Gasteiger partial charge is 0.295 e. The van der Waals surface area contributed by atoms with Crippen LogP contribution in [0.25, 0.3) is 0 Å². The van der Waals surface area contributed by atoms with Crippen LogP contribution in [0.5, 0.6) is 0 Å². The molecule has 1 unspecified atom stereocenters. The Labute approximate surface area is 71.9 Å². The molecule has 2 heteroatoms. The van der Waals surface area contributed by atoms with Gasteiger partial charge in [0, 0.05) is 12.3 Å². The first-order valence-electron chi connectivity index (χ1n) is 4.46. The summed E-state index contributed by atoms with van der Waals surface area (Å²) in [6.45, 7) is 0. The van der Waals surface area contributed by atoms with E-state index < -0.39 is 0 Å². The SMILES string of the molecule is N#C[C@H]1CC=C2C(=O)CCCC21. The van der Waals surface area contributed by atoms with Crippen LogP contribution in [0.3, 0.4) is 0 Å². The summed E-state index contributed by atoms with van der Waals surface area (Å²) in [5.74, 6) is 0.643. The van der Waals surface area contributed by atoms with Gasteiger partial charge in [-0.1, -0.05) is 6.08 Å². The van der Waals surface area contributed by atoms with Crippen molar-refractivity contribution in [2.75, 3.05) is 0 Å². The van der Waals surface area contributed by atoms with Crippen LogP contribution in [0.1, 0.15) is 25.7 Å². The number of hydrogen-bond acceptors (Lipinski definition) is 2. The second-order valence-corrected chi connectivity index (χ2v) is 3.55. The monoisotopic (exact) mass is 161 g/mol. The van der Waals surface area contributed by atoms with E-state index in [4.69, 9.17) is 5.26 Å². The summed E-state index contributed by atoms with van der Waals surface area (Å²) in [4.78, 5) is 11.4. The summed E-state index contributed by atoms with van der Waals surface area (Å²) in [6.07, 6.45) is 5.47. The van der Waals surface area contributed by atoms with Gasteiger partial charge in [0.15, 0.2) is 5.78 Å². The van der Waals surface area contributed by atoms with Gasteiger partial charge in [0.2, 0.25) is 0 Å². The molecule has 0 amide bonds. The molecule has 2 nitrogen and oxygen atoms in total. The zero-order valence-electron chi connectivity index (χ0n) is 6.92. The molecule has 0 spiro atoms. The second kappa shape index (κ2) is 2.75. The van der Waals surface area contributed by atoms with Crippen LogP contribution < -0.4 is 0 Å². The summed E-state index contributed by atoms with van der Waals surface area (Å²) in [5, 5.41) is 8.80. The van der Waals surface area contributed by atoms with Crippen LogP contribution in [-0.2, 0) is 4.79 Å². The Morgan fingerprint density at radius 3 is 3.17 bits per heavy atom. The van der Waals surface area contributed by atoms with Gasteiger partial charge in [0.25, 0.3) is 0 Å². The van der Waals surface area contributed by atoms with E-state index in [1.165, 1.54) is 0 Å². The van der Waals surface area contributed by atoms with E-state index >= 15 is 0 Å². The Morgan fingerprint density at radius 1 is 1.58 bits per heavy atom. The third-order valence-electron chi connectivity index (χ3n) is 2.88. The normalized spacial score (nSPS) is 33.9. The summed E-state index contributed by atoms with van der Waals surface area (Å²) in [5.41, 5.74) is 0.952. The molecule has 2 aliphatic carbocycles. The first-order valence-corrected chi connectivity index (χ1v) is 4.46. The predicted molar refractivity (Wildman–Crippen MR) is 44.2 cm³/mol. The molecule has 12 heavy (non-hydrogen) atoms. The first kappa shape index (κ1) is 7.54. The van der Waals surface area contributed by atoms with Crippen molar-refractivity contribution in [2.45, 2.75) is 25.7 Å². The van der Waals surface area contributed by atoms with Crippen molar-refractivity contribution < 1.29 is 4.79 Å². The standard InChI is InChI=1S/C10H11NO/c11-6-7-4-5-9-8(7)2-1-3-10(9)12/h5,7-8H,1-4H2/t7-,8?/m1/s1. The van der Waals surface area contributed by atoms with E-state index in [0.29, 0.717) is 6.42 Å². The summed E-state index contributed by atoms with van der Waals surface area (Å²) < 4.78 is 0. The molecule has 0 aromatic rings. The Hall–Kier alpha value is -1.10. The summed E-state index contributed by atoms with van der Waals surface area (Å²) in [7, 11) is 0. The lowest BCUT2D eigenvalue weighted by Gasteiger charge is -2.21. The lowest BCUT2D eigenvalue weighted by molar-refractivity contribution is -0.117. The number of rotatable bonds is 0. The minimum atomic E-state index is 0.0873. The first-order chi connectivity index (χ1) is 5.83. The summed E-state index contributed by atoms with van der Waals surface area (Å²) >= 11 is 0. The Balaban J connectivity index is 2.23. The van der Waals surface area contributed by atoms with E-state index in [1.807, 2.05) is 6.08 Å². The predicted octanol–water partition coefficient (Wildman–Crippen LogP) is 1.83. The van der Waals surface area contributed by atoms with Crippen molar-refractivity contribution in [3.05, 3.63) is 11.6 Å². The number of carbonyl (C=O) groups is 1. The van der Waals surface area contributed by atoms with Crippen LogP contribution in [0.15, 0.2) is 11.6 Å². The summed E-state index contributed by atoms with van der Waals surface area (Å²) in [6, 6.07) is 2.28. The maximum Gasteiger partial charge on any atom is 0.158 e. The van der Waals surface area contributed by atoms with Gasteiger partial charge in [-0.2, -0.15) is 5.26 Å². The topological polar surface area (TPSA) is 40.9 Å². The maximum atomic E-state index is 11.4. The number of fused-ring (bicyclic) bond motifs is 1. The van der Waals surface area contributed by atoms with Crippen LogP contribution in [-0.4, -0.2) is 5.78 Å². The maximum absolute atomic E-state index is 11.4. The number of hydrogen-bond donors (Lipinski definition) is 0. The third kappa shape index (κ3) is 0.972. The van der Waals surface area contributed by atoms with Gasteiger partial charge in [-0.3, -0.25) is 4.79 Å². The molecule has 0 aromatic heterocycles. The van der Waals surface area contributed by atoms with Crippen LogP contribution in [0.4, 0.5) is 0 Å². The second-order valence-electron chi connectivity index (χ2n) is 3.55. The molecule has 2 rings (SSSR count). The molecule has 0 bridgehead atoms. The molecule has 0 aromatic carbocycles. The van der Waals surface area contributed by atoms with Crippen molar-refractivity contribution >= 4 is 5.78 Å². The average Bonchev–Trinajstić information content (AvgIpc) is 2.49. The average molecular weight is 161 g/mol. The van der Waals surface area contributed by atoms with Gasteiger partial charge in [-0.05, 0) is 24.8 Å². The molecular weight excluding hydrogens is 150 g/mol. The van der Waals surface area contributed by atoms with Crippen molar-refractivity contribution in [1.29, 1.82) is 5.26 Å². The number of allylic oxidation sites excluding steroid dienone is 2. The fraction of sp³-hybridized carbons (Fsp3) is 0.600. The van der Waals surface area contributed by atoms with Crippen molar-refractivity contribution in [1.82, 2.24) is 0 Å². The van der Waals surface area contributed by atoms with E-state index in [1.54, 1.807) is 0 Å². The molecule has 2 aliphatic rings. The molecule has 62 valence electrons. The highest BCUT2D eigenvalue weighted by molar-refractivity contribution is 5.97. The minimum absolute atomic E-state index is 0.0873. The zero-order chi connectivity index (χ0) is 8.55. The van der Waals surface area contributed by atoms with Crippen molar-refractivity contribution in [3.63, 3.8) is 0 Å². The molecule has 0 N–H and O–H groups in total. The number of nitriles is 1. The zero-order valence-corrected chi connectivity index (χ0v) is 6.92. The number of ketones is 1. The fourth-order valence-corrected chi connectivity index (χ4v) is 2.23. The highest BCUT2D eigenvalue weighted by atomic mass is 16.1. The van der Waals surface area contributed by atoms with Gasteiger partial charge in [0.1, 0.15) is 0 Å².